The van der Waals surface area contributed by atoms with Crippen LogP contribution in [0.25, 0.3) is 0 Å². The van der Waals surface area contributed by atoms with Crippen LogP contribution in [-0.4, -0.2) is 8.07 Å². The van der Waals surface area contributed by atoms with E-state index in [1.54, 1.807) is 22.3 Å². The van der Waals surface area contributed by atoms with E-state index in [0.717, 1.165) is 0 Å². The van der Waals surface area contributed by atoms with E-state index in [0.29, 0.717) is 4.22 Å². The van der Waals surface area contributed by atoms with Gasteiger partial charge in [-0.3, -0.25) is 0 Å². The average Bonchev–Trinajstić information content (AvgIpc) is 2.20. The van der Waals surface area contributed by atoms with Crippen molar-refractivity contribution >= 4 is 8.07 Å². The predicted molar refractivity (Wildman–Crippen MR) is 63.0 cm³/mol. The van der Waals surface area contributed by atoms with Crippen LogP contribution in [0, 0.1) is 0 Å². The Hall–Kier alpha value is 1.28. The summed E-state index contributed by atoms with van der Waals surface area (Å²) < 4.78 is 0.710. The minimum Gasteiger partial charge on any atom is -1.00 e. The molecule has 5 heteroatoms. The van der Waals surface area contributed by atoms with Gasteiger partial charge < -0.3 is 37.2 Å². The summed E-state index contributed by atoms with van der Waals surface area (Å²) in [4.78, 5) is 0. The summed E-state index contributed by atoms with van der Waals surface area (Å²) >= 11 is 2.37. The molecule has 1 unspecified atom stereocenters. The van der Waals surface area contributed by atoms with Crippen molar-refractivity contribution in [1.82, 2.24) is 0 Å². The fraction of sp³-hybridized carbons (Fsp3) is 0.667. The van der Waals surface area contributed by atoms with Gasteiger partial charge in [0.25, 0.3) is 0 Å². The van der Waals surface area contributed by atoms with E-state index in [1.165, 1.54) is 6.04 Å². The molecule has 0 aromatic heterocycles. The molecule has 1 rings (SSSR count). The summed E-state index contributed by atoms with van der Waals surface area (Å²) in [6, 6.07) is 1.37. The molecule has 0 fully saturated rings. The maximum atomic E-state index is 2.46. The number of rotatable bonds is 2. The van der Waals surface area contributed by atoms with E-state index in [4.69, 9.17) is 0 Å². The van der Waals surface area contributed by atoms with Crippen LogP contribution in [0.3, 0.4) is 0 Å². The van der Waals surface area contributed by atoms with E-state index in [2.05, 4.69) is 60.8 Å². The SMILES string of the molecule is CC1=C(C)[CH]([Ti+3])C(C[Si](C)(C)C)=C1C.[Cl-].[Cl-].[Cl-]. The smallest absolute Gasteiger partial charge is 1.00 e. The van der Waals surface area contributed by atoms with E-state index < -0.39 is 8.07 Å². The molecule has 0 bridgehead atoms. The number of halogens is 3. The molecular weight excluding hydrogens is 326 g/mol. The largest absolute Gasteiger partial charge is 1.00 e. The fourth-order valence-corrected chi connectivity index (χ4v) is 4.80. The van der Waals surface area contributed by atoms with Gasteiger partial charge in [-0.15, -0.1) is 0 Å². The molecular formula is C12H21Cl3SiTi. The van der Waals surface area contributed by atoms with E-state index in [9.17, 15) is 0 Å². The molecule has 0 N–H and O–H groups in total. The Morgan fingerprint density at radius 1 is 0.941 bits per heavy atom. The van der Waals surface area contributed by atoms with Crippen molar-refractivity contribution in [3.8, 4) is 0 Å². The summed E-state index contributed by atoms with van der Waals surface area (Å²) in [5.74, 6) is 0. The molecule has 0 aliphatic heterocycles. The summed E-state index contributed by atoms with van der Waals surface area (Å²) in [5, 5.41) is 0. The van der Waals surface area contributed by atoms with Gasteiger partial charge in [-0.05, 0) is 0 Å². The van der Waals surface area contributed by atoms with Crippen LogP contribution >= 0.6 is 0 Å². The van der Waals surface area contributed by atoms with Gasteiger partial charge in [0.05, 0.1) is 0 Å². The number of allylic oxidation sites excluding steroid dienone is 4. The Balaban J connectivity index is -0.000000653. The van der Waals surface area contributed by atoms with Gasteiger partial charge in [-0.2, -0.15) is 0 Å². The van der Waals surface area contributed by atoms with Crippen LogP contribution in [0.5, 0.6) is 0 Å². The third kappa shape index (κ3) is 5.84. The molecule has 0 spiro atoms. The number of hydrogen-bond donors (Lipinski definition) is 0. The van der Waals surface area contributed by atoms with Gasteiger partial charge >= 0.3 is 101 Å². The zero-order valence-corrected chi connectivity index (χ0v) is 16.2. The molecule has 0 amide bonds. The molecule has 1 atom stereocenters. The van der Waals surface area contributed by atoms with Crippen molar-refractivity contribution in [2.24, 2.45) is 0 Å². The van der Waals surface area contributed by atoms with E-state index >= 15 is 0 Å². The Kier molecular flexibility index (Phi) is 11.6. The van der Waals surface area contributed by atoms with Crippen molar-refractivity contribution in [3.63, 3.8) is 0 Å². The van der Waals surface area contributed by atoms with Crippen molar-refractivity contribution < 1.29 is 57.7 Å². The van der Waals surface area contributed by atoms with E-state index in [-0.39, 0.29) is 37.2 Å². The maximum absolute atomic E-state index is 2.46. The van der Waals surface area contributed by atoms with Gasteiger partial charge in [0.2, 0.25) is 0 Å². The fourth-order valence-electron chi connectivity index (χ4n) is 2.04. The Bertz CT molecular complexity index is 316. The Morgan fingerprint density at radius 3 is 1.59 bits per heavy atom. The summed E-state index contributed by atoms with van der Waals surface area (Å²) in [7, 11) is -0.950. The monoisotopic (exact) mass is 346 g/mol. The van der Waals surface area contributed by atoms with Crippen molar-refractivity contribution in [2.45, 2.75) is 50.7 Å². The van der Waals surface area contributed by atoms with Crippen molar-refractivity contribution in [1.29, 1.82) is 0 Å². The zero-order chi connectivity index (χ0) is 11.1. The van der Waals surface area contributed by atoms with Gasteiger partial charge in [-0.25, -0.2) is 0 Å². The maximum Gasteiger partial charge on any atom is -1.00 e. The van der Waals surface area contributed by atoms with Crippen LogP contribution in [0.15, 0.2) is 22.3 Å². The minimum atomic E-state index is -0.950. The second-order valence-electron chi connectivity index (χ2n) is 5.63. The first-order valence-electron chi connectivity index (χ1n) is 5.32. The van der Waals surface area contributed by atoms with Gasteiger partial charge in [0, 0.05) is 0 Å². The molecule has 0 saturated carbocycles. The predicted octanol–water partition coefficient (Wildman–Crippen LogP) is -4.66. The first-order chi connectivity index (χ1) is 6.24. The summed E-state index contributed by atoms with van der Waals surface area (Å²) in [6.07, 6.45) is 0. The van der Waals surface area contributed by atoms with Gasteiger partial charge in [0.15, 0.2) is 0 Å². The normalized spacial score (nSPS) is 19.6. The third-order valence-electron chi connectivity index (χ3n) is 3.14. The molecule has 0 nitrogen and oxygen atoms in total. The molecule has 1 aliphatic rings. The number of hydrogen-bond acceptors (Lipinski definition) is 0. The first kappa shape index (κ1) is 23.4. The molecule has 98 valence electrons. The first-order valence-corrected chi connectivity index (χ1v) is 9.93. The van der Waals surface area contributed by atoms with Crippen LogP contribution in [0.2, 0.25) is 29.9 Å². The topological polar surface area (TPSA) is 0 Å². The zero-order valence-electron chi connectivity index (χ0n) is 11.4. The second kappa shape index (κ2) is 8.45. The van der Waals surface area contributed by atoms with Crippen LogP contribution in [0.4, 0.5) is 0 Å². The Labute approximate surface area is 138 Å². The second-order valence-corrected chi connectivity index (χ2v) is 12.0. The van der Waals surface area contributed by atoms with Crippen molar-refractivity contribution in [3.05, 3.63) is 22.3 Å². The molecule has 0 saturated heterocycles. The third-order valence-corrected chi connectivity index (χ3v) is 5.80. The van der Waals surface area contributed by atoms with Crippen molar-refractivity contribution in [2.75, 3.05) is 0 Å². The van der Waals surface area contributed by atoms with E-state index in [1.807, 2.05) is 0 Å². The minimum absolute atomic E-state index is 0. The molecule has 0 radical (unpaired) electrons. The molecule has 1 aliphatic carbocycles. The van der Waals surface area contributed by atoms with Crippen LogP contribution < -0.4 is 37.2 Å². The molecule has 17 heavy (non-hydrogen) atoms. The molecule has 0 heterocycles. The standard InChI is InChI=1S/C12H21Si.3ClH.Ti/c1-9-7-12(8-13(4,5)6)11(3)10(9)2;;;;/h7H,8H2,1-6H3;3*1H;/q;;;;+3/p-3. The Morgan fingerprint density at radius 2 is 1.35 bits per heavy atom. The van der Waals surface area contributed by atoms with Crippen LogP contribution in [0.1, 0.15) is 20.8 Å². The van der Waals surface area contributed by atoms with Gasteiger partial charge in [0.1, 0.15) is 0 Å². The summed E-state index contributed by atoms with van der Waals surface area (Å²) in [5.41, 5.74) is 6.44. The average molecular weight is 348 g/mol. The summed E-state index contributed by atoms with van der Waals surface area (Å²) in [6.45, 7) is 14.3. The molecule has 0 aromatic carbocycles. The van der Waals surface area contributed by atoms with Gasteiger partial charge in [-0.1, -0.05) is 0 Å². The quantitative estimate of drug-likeness (QED) is 0.441. The van der Waals surface area contributed by atoms with Crippen LogP contribution in [-0.2, 0) is 20.4 Å². The molecule has 0 aromatic rings.